The largest absolute Gasteiger partial charge is 0.418 e. The fraction of sp³-hybridized carbons (Fsp3) is 0.100. The highest BCUT2D eigenvalue weighted by Gasteiger charge is 2.33. The summed E-state index contributed by atoms with van der Waals surface area (Å²) in [5.74, 6) is 0.0917. The number of rotatable bonds is 5. The SMILES string of the molecule is N#Cc1cccc(-c2nc(N)nc(NCc3ccc(N)c(C(F)(F)F)c3)c2C=N)c1. The maximum atomic E-state index is 13.1. The van der Waals surface area contributed by atoms with E-state index in [0.717, 1.165) is 12.3 Å². The van der Waals surface area contributed by atoms with Crippen LogP contribution in [0.15, 0.2) is 42.5 Å². The van der Waals surface area contributed by atoms with Gasteiger partial charge in [-0.05, 0) is 29.8 Å². The zero-order valence-electron chi connectivity index (χ0n) is 15.5. The molecule has 0 atom stereocenters. The number of nitrogen functional groups attached to an aromatic ring is 2. The topological polar surface area (TPSA) is 137 Å². The van der Waals surface area contributed by atoms with Crippen molar-refractivity contribution in [3.63, 3.8) is 0 Å². The standard InChI is InChI=1S/C20H16F3N7/c21-20(22,23)15-7-12(4-5-16(15)26)10-28-18-14(9-25)17(29-19(27)30-18)13-3-1-2-11(6-13)8-24/h1-7,9,25H,10,26H2,(H3,27,28,29,30). The van der Waals surface area contributed by atoms with Crippen LogP contribution in [0, 0.1) is 16.7 Å². The van der Waals surface area contributed by atoms with E-state index in [4.69, 9.17) is 22.1 Å². The van der Waals surface area contributed by atoms with Crippen molar-refractivity contribution in [2.24, 2.45) is 0 Å². The van der Waals surface area contributed by atoms with Crippen LogP contribution in [0.4, 0.5) is 30.6 Å². The van der Waals surface area contributed by atoms with Crippen LogP contribution in [0.25, 0.3) is 11.3 Å². The molecule has 0 saturated carbocycles. The van der Waals surface area contributed by atoms with E-state index in [1.165, 1.54) is 12.1 Å². The molecule has 10 heteroatoms. The van der Waals surface area contributed by atoms with E-state index in [1.54, 1.807) is 24.3 Å². The second-order valence-corrected chi connectivity index (χ2v) is 6.30. The Bertz CT molecular complexity index is 1150. The fourth-order valence-electron chi connectivity index (χ4n) is 2.86. The third-order valence-electron chi connectivity index (χ3n) is 4.26. The molecular formula is C20H16F3N7. The first-order valence-corrected chi connectivity index (χ1v) is 8.61. The molecule has 3 aromatic rings. The molecule has 0 aliphatic rings. The van der Waals surface area contributed by atoms with Gasteiger partial charge in [-0.3, -0.25) is 0 Å². The maximum Gasteiger partial charge on any atom is 0.418 e. The summed E-state index contributed by atoms with van der Waals surface area (Å²) in [4.78, 5) is 8.23. The van der Waals surface area contributed by atoms with Crippen molar-refractivity contribution in [1.29, 1.82) is 10.7 Å². The highest BCUT2D eigenvalue weighted by molar-refractivity contribution is 5.93. The molecule has 7 nitrogen and oxygen atoms in total. The number of benzene rings is 2. The Morgan fingerprint density at radius 2 is 1.90 bits per heavy atom. The summed E-state index contributed by atoms with van der Waals surface area (Å²) < 4.78 is 39.2. The van der Waals surface area contributed by atoms with E-state index in [9.17, 15) is 13.2 Å². The van der Waals surface area contributed by atoms with Gasteiger partial charge in [-0.2, -0.15) is 23.4 Å². The number of aromatic nitrogens is 2. The molecule has 0 spiro atoms. The van der Waals surface area contributed by atoms with Crippen LogP contribution in [0.3, 0.4) is 0 Å². The van der Waals surface area contributed by atoms with E-state index >= 15 is 0 Å². The predicted molar refractivity (Wildman–Crippen MR) is 108 cm³/mol. The smallest absolute Gasteiger partial charge is 0.398 e. The Morgan fingerprint density at radius 3 is 2.57 bits per heavy atom. The predicted octanol–water partition coefficient (Wildman–Crippen LogP) is 3.81. The zero-order chi connectivity index (χ0) is 21.9. The molecular weight excluding hydrogens is 395 g/mol. The van der Waals surface area contributed by atoms with Gasteiger partial charge >= 0.3 is 6.18 Å². The van der Waals surface area contributed by atoms with Gasteiger partial charge < -0.3 is 22.2 Å². The number of hydrogen-bond acceptors (Lipinski definition) is 7. The average Bonchev–Trinajstić information content (AvgIpc) is 2.71. The first-order valence-electron chi connectivity index (χ1n) is 8.61. The molecule has 0 aliphatic heterocycles. The molecule has 6 N–H and O–H groups in total. The number of alkyl halides is 3. The Hall–Kier alpha value is -4.13. The summed E-state index contributed by atoms with van der Waals surface area (Å²) in [5.41, 5.74) is 11.8. The fourth-order valence-corrected chi connectivity index (χ4v) is 2.86. The van der Waals surface area contributed by atoms with Gasteiger partial charge in [0.05, 0.1) is 28.5 Å². The molecule has 1 heterocycles. The summed E-state index contributed by atoms with van der Waals surface area (Å²) in [6.45, 7) is -0.0155. The van der Waals surface area contributed by atoms with Crippen LogP contribution >= 0.6 is 0 Å². The molecule has 1 aromatic heterocycles. The minimum atomic E-state index is -4.57. The van der Waals surface area contributed by atoms with Gasteiger partial charge in [0.1, 0.15) is 5.82 Å². The van der Waals surface area contributed by atoms with Crippen molar-refractivity contribution in [3.8, 4) is 17.3 Å². The molecule has 3 rings (SSSR count). The third-order valence-corrected chi connectivity index (χ3v) is 4.26. The van der Waals surface area contributed by atoms with Gasteiger partial charge in [-0.1, -0.05) is 18.2 Å². The van der Waals surface area contributed by atoms with Gasteiger partial charge in [-0.15, -0.1) is 0 Å². The molecule has 0 aliphatic carbocycles. The minimum absolute atomic E-state index is 0.0155. The molecule has 152 valence electrons. The van der Waals surface area contributed by atoms with Crippen molar-refractivity contribution in [2.75, 3.05) is 16.8 Å². The highest BCUT2D eigenvalue weighted by atomic mass is 19.4. The van der Waals surface area contributed by atoms with Crippen LogP contribution in [-0.4, -0.2) is 16.2 Å². The number of nitrogens with one attached hydrogen (secondary N) is 2. The molecule has 0 unspecified atom stereocenters. The third kappa shape index (κ3) is 4.30. The van der Waals surface area contributed by atoms with Gasteiger partial charge in [0.25, 0.3) is 0 Å². The van der Waals surface area contributed by atoms with Crippen molar-refractivity contribution >= 4 is 23.7 Å². The van der Waals surface area contributed by atoms with E-state index in [0.29, 0.717) is 22.4 Å². The average molecular weight is 411 g/mol. The first kappa shape index (κ1) is 20.6. The van der Waals surface area contributed by atoms with Crippen molar-refractivity contribution in [2.45, 2.75) is 12.7 Å². The molecule has 0 bridgehead atoms. The Kier molecular flexibility index (Phi) is 5.55. The summed E-state index contributed by atoms with van der Waals surface area (Å²) in [7, 11) is 0. The normalized spacial score (nSPS) is 11.0. The summed E-state index contributed by atoms with van der Waals surface area (Å²) in [5, 5.41) is 19.8. The second-order valence-electron chi connectivity index (χ2n) is 6.30. The molecule has 0 fully saturated rings. The second kappa shape index (κ2) is 8.08. The summed E-state index contributed by atoms with van der Waals surface area (Å²) >= 11 is 0. The van der Waals surface area contributed by atoms with E-state index < -0.39 is 11.7 Å². The van der Waals surface area contributed by atoms with Crippen LogP contribution < -0.4 is 16.8 Å². The number of anilines is 3. The lowest BCUT2D eigenvalue weighted by atomic mass is 10.0. The van der Waals surface area contributed by atoms with Crippen molar-refractivity contribution in [3.05, 3.63) is 64.7 Å². The number of hydrogen-bond donors (Lipinski definition) is 4. The maximum absolute atomic E-state index is 13.1. The van der Waals surface area contributed by atoms with Crippen molar-refractivity contribution in [1.82, 2.24) is 9.97 Å². The van der Waals surface area contributed by atoms with Crippen LogP contribution in [0.1, 0.15) is 22.3 Å². The number of halogens is 3. The Balaban J connectivity index is 1.97. The minimum Gasteiger partial charge on any atom is -0.398 e. The van der Waals surface area contributed by atoms with E-state index in [2.05, 4.69) is 15.3 Å². The van der Waals surface area contributed by atoms with Gasteiger partial charge in [0, 0.05) is 24.0 Å². The number of nitriles is 1. The van der Waals surface area contributed by atoms with Crippen molar-refractivity contribution < 1.29 is 13.2 Å². The van der Waals surface area contributed by atoms with Gasteiger partial charge in [-0.25, -0.2) is 4.98 Å². The molecule has 2 aromatic carbocycles. The molecule has 0 radical (unpaired) electrons. The lowest BCUT2D eigenvalue weighted by molar-refractivity contribution is -0.136. The zero-order valence-corrected chi connectivity index (χ0v) is 15.5. The van der Waals surface area contributed by atoms with E-state index in [-0.39, 0.29) is 29.6 Å². The molecule has 0 amide bonds. The highest BCUT2D eigenvalue weighted by Crippen LogP contribution is 2.34. The Morgan fingerprint density at radius 1 is 1.13 bits per heavy atom. The molecule has 0 saturated heterocycles. The lowest BCUT2D eigenvalue weighted by Gasteiger charge is -2.15. The van der Waals surface area contributed by atoms with Gasteiger partial charge in [0.2, 0.25) is 5.95 Å². The Labute approximate surface area is 169 Å². The lowest BCUT2D eigenvalue weighted by Crippen LogP contribution is -2.12. The molecule has 30 heavy (non-hydrogen) atoms. The van der Waals surface area contributed by atoms with Crippen LogP contribution in [0.2, 0.25) is 0 Å². The first-order chi connectivity index (χ1) is 14.2. The summed E-state index contributed by atoms with van der Waals surface area (Å²) in [6, 6.07) is 12.2. The quantitative estimate of drug-likeness (QED) is 0.372. The van der Waals surface area contributed by atoms with Crippen LogP contribution in [-0.2, 0) is 12.7 Å². The van der Waals surface area contributed by atoms with E-state index in [1.807, 2.05) is 6.07 Å². The van der Waals surface area contributed by atoms with Gasteiger partial charge in [0.15, 0.2) is 0 Å². The van der Waals surface area contributed by atoms with Crippen LogP contribution in [0.5, 0.6) is 0 Å². The number of nitrogens with two attached hydrogens (primary N) is 2. The summed E-state index contributed by atoms with van der Waals surface area (Å²) in [6.07, 6.45) is -3.56. The number of nitrogens with zero attached hydrogens (tertiary/aromatic N) is 3. The monoisotopic (exact) mass is 411 g/mol.